The number of hydrogen-bond donors (Lipinski definition) is 1. The number of benzene rings is 2. The molecule has 0 radical (unpaired) electrons. The molecule has 2 N–H and O–H groups in total. The van der Waals surface area contributed by atoms with Gasteiger partial charge in [-0.05, 0) is 42.0 Å². The summed E-state index contributed by atoms with van der Waals surface area (Å²) < 4.78 is 17.3. The van der Waals surface area contributed by atoms with E-state index in [9.17, 15) is 14.4 Å². The number of piperidine rings is 1. The van der Waals surface area contributed by atoms with Gasteiger partial charge in [-0.3, -0.25) is 19.4 Å². The van der Waals surface area contributed by atoms with Crippen molar-refractivity contribution in [3.05, 3.63) is 77.7 Å². The van der Waals surface area contributed by atoms with Gasteiger partial charge in [0, 0.05) is 55.3 Å². The van der Waals surface area contributed by atoms with Gasteiger partial charge < -0.3 is 24.8 Å². The number of hydrogen-bond acceptors (Lipinski definition) is 8. The fraction of sp³-hybridized carbons (Fsp3) is 0.258. The van der Waals surface area contributed by atoms with Crippen molar-refractivity contribution in [2.24, 2.45) is 5.73 Å². The molecule has 1 fully saturated rings. The number of likely N-dealkylation sites (tertiary alicyclic amines) is 1. The van der Waals surface area contributed by atoms with Gasteiger partial charge in [0.1, 0.15) is 28.5 Å². The average Bonchev–Trinajstić information content (AvgIpc) is 3.00. The van der Waals surface area contributed by atoms with Crippen LogP contribution < -0.4 is 19.9 Å². The maximum Gasteiger partial charge on any atom is 0.272 e. The molecule has 2 amide bonds. The number of Topliss-reactive ketones (excluding diaryl/α,β-unsaturated/α-hetero) is 1. The number of ether oxygens (including phenoxy) is 3. The maximum absolute atomic E-state index is 13.4. The molecule has 0 bridgehead atoms. The Morgan fingerprint density at radius 1 is 0.976 bits per heavy atom. The van der Waals surface area contributed by atoms with Crippen LogP contribution in [0.2, 0.25) is 0 Å². The van der Waals surface area contributed by atoms with Crippen LogP contribution >= 0.6 is 0 Å². The number of fused-ring (bicyclic) bond motifs is 2. The zero-order chi connectivity index (χ0) is 28.7. The predicted molar refractivity (Wildman–Crippen MR) is 150 cm³/mol. The Balaban J connectivity index is 1.19. The lowest BCUT2D eigenvalue weighted by atomic mass is 9.82. The van der Waals surface area contributed by atoms with E-state index in [-0.39, 0.29) is 18.1 Å². The zero-order valence-electron chi connectivity index (χ0n) is 22.7. The molecule has 0 aliphatic carbocycles. The van der Waals surface area contributed by atoms with E-state index in [4.69, 9.17) is 19.9 Å². The van der Waals surface area contributed by atoms with Gasteiger partial charge in [0.15, 0.2) is 5.78 Å². The molecule has 1 saturated heterocycles. The fourth-order valence-corrected chi connectivity index (χ4v) is 5.54. The summed E-state index contributed by atoms with van der Waals surface area (Å²) in [6.45, 7) is 0.853. The number of carbonyl (C=O) groups excluding carboxylic acids is 3. The number of primary amides is 1. The van der Waals surface area contributed by atoms with Crippen molar-refractivity contribution in [1.29, 1.82) is 0 Å². The minimum Gasteiger partial charge on any atom is -0.497 e. The fourth-order valence-electron chi connectivity index (χ4n) is 5.54. The number of nitrogens with two attached hydrogens (primary N) is 1. The van der Waals surface area contributed by atoms with E-state index in [0.29, 0.717) is 71.1 Å². The van der Waals surface area contributed by atoms with Crippen molar-refractivity contribution in [3.8, 4) is 28.4 Å². The summed E-state index contributed by atoms with van der Waals surface area (Å²) in [5.41, 5.74) is 7.84. The van der Waals surface area contributed by atoms with Crippen LogP contribution in [-0.2, 0) is 0 Å². The molecule has 4 heterocycles. The number of aromatic nitrogens is 2. The van der Waals surface area contributed by atoms with Crippen LogP contribution in [0.25, 0.3) is 22.0 Å². The Morgan fingerprint density at radius 3 is 2.51 bits per heavy atom. The molecule has 10 nitrogen and oxygen atoms in total. The van der Waals surface area contributed by atoms with Crippen molar-refractivity contribution < 1.29 is 28.6 Å². The van der Waals surface area contributed by atoms with E-state index in [1.54, 1.807) is 61.7 Å². The van der Waals surface area contributed by atoms with Crippen LogP contribution in [-0.4, -0.2) is 65.4 Å². The second-order valence-electron chi connectivity index (χ2n) is 10.3. The smallest absolute Gasteiger partial charge is 0.272 e. The number of ketones is 1. The molecule has 0 unspecified atom stereocenters. The molecule has 0 atom stereocenters. The van der Waals surface area contributed by atoms with Crippen molar-refractivity contribution in [2.45, 2.75) is 24.9 Å². The summed E-state index contributed by atoms with van der Waals surface area (Å²) in [4.78, 5) is 48.7. The van der Waals surface area contributed by atoms with Gasteiger partial charge in [0.25, 0.3) is 5.91 Å². The lowest BCUT2D eigenvalue weighted by molar-refractivity contribution is -0.00584. The second-order valence-corrected chi connectivity index (χ2v) is 10.3. The Bertz CT molecular complexity index is 1710. The first kappa shape index (κ1) is 26.2. The molecule has 2 aromatic heterocycles. The van der Waals surface area contributed by atoms with E-state index >= 15 is 0 Å². The third kappa shape index (κ3) is 4.82. The number of amides is 2. The predicted octanol–water partition coefficient (Wildman–Crippen LogP) is 4.05. The van der Waals surface area contributed by atoms with Crippen molar-refractivity contribution in [3.63, 3.8) is 0 Å². The van der Waals surface area contributed by atoms with Crippen LogP contribution in [0.3, 0.4) is 0 Å². The summed E-state index contributed by atoms with van der Waals surface area (Å²) >= 11 is 0. The SMILES string of the molecule is COc1ccc2nc(C(=O)N3CCC4(CC3)CC(=O)c3cc(-c5cncc(C(N)=O)c5)ccc3O4)cc(OC)c2c1. The van der Waals surface area contributed by atoms with Crippen LogP contribution in [0, 0.1) is 0 Å². The molecule has 10 heteroatoms. The standard InChI is InChI=1S/C31H28N4O6/c1-39-21-4-5-24-22(13-21)28(40-2)14-25(34-24)30(38)35-9-7-31(8-10-35)15-26(36)23-12-18(3-6-27(23)41-31)19-11-20(29(32)37)17-33-16-19/h3-6,11-14,16-17H,7-10,15H2,1-2H3,(H2,32,37). The summed E-state index contributed by atoms with van der Waals surface area (Å²) in [7, 11) is 3.15. The number of pyridine rings is 2. The van der Waals surface area contributed by atoms with Crippen LogP contribution in [0.15, 0.2) is 60.9 Å². The molecule has 6 rings (SSSR count). The molecule has 208 valence electrons. The molecule has 2 aliphatic rings. The number of methoxy groups -OCH3 is 2. The Morgan fingerprint density at radius 2 is 1.78 bits per heavy atom. The molecule has 1 spiro atoms. The Hall–Kier alpha value is -4.99. The highest BCUT2D eigenvalue weighted by Crippen LogP contribution is 2.41. The summed E-state index contributed by atoms with van der Waals surface area (Å²) in [5.74, 6) is 0.935. The minimum absolute atomic E-state index is 0.0248. The molecule has 4 aromatic rings. The van der Waals surface area contributed by atoms with Crippen molar-refractivity contribution >= 4 is 28.5 Å². The number of nitrogens with zero attached hydrogens (tertiary/aromatic N) is 3. The molecular weight excluding hydrogens is 524 g/mol. The molecular formula is C31H28N4O6. The van der Waals surface area contributed by atoms with E-state index in [1.165, 1.54) is 6.20 Å². The first-order valence-electron chi connectivity index (χ1n) is 13.2. The second kappa shape index (κ2) is 10.2. The van der Waals surface area contributed by atoms with Crippen molar-refractivity contribution in [2.75, 3.05) is 27.3 Å². The van der Waals surface area contributed by atoms with E-state index in [2.05, 4.69) is 9.97 Å². The third-order valence-corrected chi connectivity index (χ3v) is 7.82. The molecule has 41 heavy (non-hydrogen) atoms. The van der Waals surface area contributed by atoms with Crippen LogP contribution in [0.1, 0.15) is 50.5 Å². The van der Waals surface area contributed by atoms with Gasteiger partial charge in [0.05, 0.1) is 37.3 Å². The zero-order valence-corrected chi connectivity index (χ0v) is 22.7. The van der Waals surface area contributed by atoms with Gasteiger partial charge in [-0.25, -0.2) is 4.98 Å². The Kier molecular flexibility index (Phi) is 6.53. The molecule has 0 saturated carbocycles. The van der Waals surface area contributed by atoms with Gasteiger partial charge in [-0.15, -0.1) is 0 Å². The van der Waals surface area contributed by atoms with Gasteiger partial charge in [-0.1, -0.05) is 6.07 Å². The largest absolute Gasteiger partial charge is 0.497 e. The van der Waals surface area contributed by atoms with Crippen LogP contribution in [0.4, 0.5) is 0 Å². The van der Waals surface area contributed by atoms with E-state index in [0.717, 1.165) is 10.9 Å². The lowest BCUT2D eigenvalue weighted by Crippen LogP contribution is -2.52. The minimum atomic E-state index is -0.680. The summed E-state index contributed by atoms with van der Waals surface area (Å²) in [5, 5.41) is 0.758. The first-order chi connectivity index (χ1) is 19.8. The summed E-state index contributed by atoms with van der Waals surface area (Å²) in [6, 6.07) is 14.1. The van der Waals surface area contributed by atoms with E-state index < -0.39 is 11.5 Å². The number of carbonyl (C=O) groups is 3. The maximum atomic E-state index is 13.4. The highest BCUT2D eigenvalue weighted by atomic mass is 16.5. The third-order valence-electron chi connectivity index (χ3n) is 7.82. The highest BCUT2D eigenvalue weighted by Gasteiger charge is 2.44. The average molecular weight is 553 g/mol. The highest BCUT2D eigenvalue weighted by molar-refractivity contribution is 6.02. The topological polar surface area (TPSA) is 134 Å². The lowest BCUT2D eigenvalue weighted by Gasteiger charge is -2.44. The van der Waals surface area contributed by atoms with Gasteiger partial charge >= 0.3 is 0 Å². The molecule has 2 aromatic carbocycles. The van der Waals surface area contributed by atoms with E-state index in [1.807, 2.05) is 12.1 Å². The molecule has 2 aliphatic heterocycles. The van der Waals surface area contributed by atoms with Gasteiger partial charge in [-0.2, -0.15) is 0 Å². The first-order valence-corrected chi connectivity index (χ1v) is 13.2. The number of rotatable bonds is 5. The monoisotopic (exact) mass is 552 g/mol. The van der Waals surface area contributed by atoms with Crippen LogP contribution in [0.5, 0.6) is 17.2 Å². The van der Waals surface area contributed by atoms with Gasteiger partial charge in [0.2, 0.25) is 5.91 Å². The summed E-state index contributed by atoms with van der Waals surface area (Å²) in [6.07, 6.45) is 4.27. The normalized spacial score (nSPS) is 15.8. The Labute approximate surface area is 236 Å². The quantitative estimate of drug-likeness (QED) is 0.392. The van der Waals surface area contributed by atoms with Crippen molar-refractivity contribution in [1.82, 2.24) is 14.9 Å².